The summed E-state index contributed by atoms with van der Waals surface area (Å²) in [6.45, 7) is 7.02. The molecule has 0 unspecified atom stereocenters. The number of hydrogen-bond acceptors (Lipinski definition) is 4. The van der Waals surface area contributed by atoms with Crippen LogP contribution in [-0.2, 0) is 9.47 Å². The highest BCUT2D eigenvalue weighted by molar-refractivity contribution is 4.43. The van der Waals surface area contributed by atoms with Gasteiger partial charge in [0.1, 0.15) is 0 Å². The minimum absolute atomic E-state index is 0.0278. The van der Waals surface area contributed by atoms with E-state index in [-0.39, 0.29) is 13.2 Å². The number of unbranched alkanes of at least 4 members (excludes halogenated alkanes) is 5. The first-order valence-corrected chi connectivity index (χ1v) is 7.70. The molecule has 0 bridgehead atoms. The highest BCUT2D eigenvalue weighted by Gasteiger charge is 1.89. The fourth-order valence-electron chi connectivity index (χ4n) is 1.46. The first-order valence-electron chi connectivity index (χ1n) is 7.70. The van der Waals surface area contributed by atoms with Crippen molar-refractivity contribution >= 4 is 0 Å². The molecule has 0 aliphatic heterocycles. The van der Waals surface area contributed by atoms with Gasteiger partial charge in [0.2, 0.25) is 0 Å². The van der Waals surface area contributed by atoms with E-state index in [1.165, 1.54) is 38.5 Å². The summed E-state index contributed by atoms with van der Waals surface area (Å²) in [6.07, 6.45) is 9.29. The third-order valence-electron chi connectivity index (χ3n) is 2.46. The summed E-state index contributed by atoms with van der Waals surface area (Å²) in [4.78, 5) is 0. The molecule has 2 N–H and O–H groups in total. The van der Waals surface area contributed by atoms with E-state index in [9.17, 15) is 0 Å². The van der Waals surface area contributed by atoms with Crippen molar-refractivity contribution in [2.24, 2.45) is 0 Å². The average Bonchev–Trinajstić information content (AvgIpc) is 2.43. The molecule has 0 atom stereocenters. The zero-order valence-corrected chi connectivity index (χ0v) is 12.9. The van der Waals surface area contributed by atoms with Crippen molar-refractivity contribution in [2.45, 2.75) is 58.8 Å². The van der Waals surface area contributed by atoms with Gasteiger partial charge in [-0.25, -0.2) is 0 Å². The van der Waals surface area contributed by atoms with E-state index in [2.05, 4.69) is 18.6 Å². The predicted octanol–water partition coefficient (Wildman–Crippen LogP) is 2.76. The van der Waals surface area contributed by atoms with Crippen LogP contribution in [-0.4, -0.2) is 49.9 Å². The quantitative estimate of drug-likeness (QED) is 0.509. The monoisotopic (exact) mass is 278 g/mol. The topological polar surface area (TPSA) is 58.9 Å². The molecule has 0 rings (SSSR count). The van der Waals surface area contributed by atoms with Gasteiger partial charge in [0, 0.05) is 13.2 Å². The van der Waals surface area contributed by atoms with Gasteiger partial charge in [-0.2, -0.15) is 0 Å². The molecule has 19 heavy (non-hydrogen) atoms. The molecular weight excluding hydrogens is 244 g/mol. The summed E-state index contributed by atoms with van der Waals surface area (Å²) in [5.41, 5.74) is 0. The van der Waals surface area contributed by atoms with Crippen LogP contribution >= 0.6 is 0 Å². The Balaban J connectivity index is 0. The Morgan fingerprint density at radius 3 is 1.63 bits per heavy atom. The lowest BCUT2D eigenvalue weighted by atomic mass is 10.1. The Morgan fingerprint density at radius 1 is 0.579 bits per heavy atom. The van der Waals surface area contributed by atoms with Crippen molar-refractivity contribution < 1.29 is 19.7 Å². The molecule has 0 aromatic rings. The molecule has 0 saturated carbocycles. The molecule has 0 aliphatic rings. The fraction of sp³-hybridized carbons (Fsp3) is 1.00. The maximum Gasteiger partial charge on any atom is 0.0698 e. The highest BCUT2D eigenvalue weighted by Crippen LogP contribution is 2.04. The Morgan fingerprint density at radius 2 is 1.11 bits per heavy atom. The molecule has 0 aromatic carbocycles. The van der Waals surface area contributed by atoms with Gasteiger partial charge in [-0.1, -0.05) is 46.0 Å². The van der Waals surface area contributed by atoms with Gasteiger partial charge in [0.15, 0.2) is 0 Å². The number of aliphatic hydroxyl groups excluding tert-OH is 2. The standard InChI is InChI=1S/C11H24O.C4H10O3/c1-3-5-6-7-8-9-11-12-10-4-2;5-1-3-7-4-2-6/h3-11H2,1-2H3;5-6H,1-4H2. The van der Waals surface area contributed by atoms with E-state index < -0.39 is 0 Å². The predicted molar refractivity (Wildman–Crippen MR) is 79.5 cm³/mol. The summed E-state index contributed by atoms with van der Waals surface area (Å²) < 4.78 is 10.0. The summed E-state index contributed by atoms with van der Waals surface area (Å²) >= 11 is 0. The van der Waals surface area contributed by atoms with Crippen LogP contribution in [0.4, 0.5) is 0 Å². The zero-order chi connectivity index (χ0) is 14.6. The van der Waals surface area contributed by atoms with Crippen molar-refractivity contribution in [1.29, 1.82) is 0 Å². The molecule has 0 saturated heterocycles. The minimum Gasteiger partial charge on any atom is -0.394 e. The van der Waals surface area contributed by atoms with Gasteiger partial charge in [-0.3, -0.25) is 0 Å². The maximum atomic E-state index is 8.09. The summed E-state index contributed by atoms with van der Waals surface area (Å²) in [7, 11) is 0. The van der Waals surface area contributed by atoms with Crippen molar-refractivity contribution in [3.05, 3.63) is 0 Å². The molecule has 0 aliphatic carbocycles. The van der Waals surface area contributed by atoms with Crippen LogP contribution in [0.3, 0.4) is 0 Å². The average molecular weight is 278 g/mol. The second-order valence-electron chi connectivity index (χ2n) is 4.44. The normalized spacial score (nSPS) is 10.1. The minimum atomic E-state index is 0.0278. The third-order valence-corrected chi connectivity index (χ3v) is 2.46. The van der Waals surface area contributed by atoms with Gasteiger partial charge in [0.25, 0.3) is 0 Å². The van der Waals surface area contributed by atoms with Gasteiger partial charge < -0.3 is 19.7 Å². The largest absolute Gasteiger partial charge is 0.394 e. The summed E-state index contributed by atoms with van der Waals surface area (Å²) in [5.74, 6) is 0. The molecule has 0 fully saturated rings. The number of hydrogen-bond donors (Lipinski definition) is 2. The fourth-order valence-corrected chi connectivity index (χ4v) is 1.46. The highest BCUT2D eigenvalue weighted by atomic mass is 16.5. The molecule has 4 heteroatoms. The van der Waals surface area contributed by atoms with Gasteiger partial charge >= 0.3 is 0 Å². The van der Waals surface area contributed by atoms with Gasteiger partial charge in [0.05, 0.1) is 26.4 Å². The Labute approximate surface area is 119 Å². The Bertz CT molecular complexity index is 117. The summed E-state index contributed by atoms with van der Waals surface area (Å²) in [5, 5.41) is 16.2. The van der Waals surface area contributed by atoms with Crippen molar-refractivity contribution in [2.75, 3.05) is 39.6 Å². The van der Waals surface area contributed by atoms with Crippen LogP contribution in [0, 0.1) is 0 Å². The number of ether oxygens (including phenoxy) is 2. The van der Waals surface area contributed by atoms with E-state index in [4.69, 9.17) is 14.9 Å². The Hall–Kier alpha value is -0.160. The number of rotatable bonds is 13. The lowest BCUT2D eigenvalue weighted by Gasteiger charge is -2.01. The number of aliphatic hydroxyl groups is 2. The SMILES string of the molecule is CCCCCCCCOCCC.OCCOCCO. The second kappa shape index (κ2) is 23.0. The van der Waals surface area contributed by atoms with Crippen molar-refractivity contribution in [3.8, 4) is 0 Å². The van der Waals surface area contributed by atoms with Crippen molar-refractivity contribution in [1.82, 2.24) is 0 Å². The molecular formula is C15H34O4. The molecule has 0 aromatic heterocycles. The lowest BCUT2D eigenvalue weighted by molar-refractivity contribution is 0.0650. The lowest BCUT2D eigenvalue weighted by Crippen LogP contribution is -2.03. The van der Waals surface area contributed by atoms with E-state index in [1.54, 1.807) is 0 Å². The van der Waals surface area contributed by atoms with E-state index in [0.29, 0.717) is 13.2 Å². The van der Waals surface area contributed by atoms with Crippen LogP contribution in [0.1, 0.15) is 58.8 Å². The first-order chi connectivity index (χ1) is 9.33. The van der Waals surface area contributed by atoms with Crippen LogP contribution in [0.5, 0.6) is 0 Å². The van der Waals surface area contributed by atoms with Crippen LogP contribution in [0.25, 0.3) is 0 Å². The molecule has 0 amide bonds. The Kier molecular flexibility index (Phi) is 25.6. The smallest absolute Gasteiger partial charge is 0.0698 e. The summed E-state index contributed by atoms with van der Waals surface area (Å²) in [6, 6.07) is 0. The van der Waals surface area contributed by atoms with Crippen molar-refractivity contribution in [3.63, 3.8) is 0 Å². The molecule has 118 valence electrons. The maximum absolute atomic E-state index is 8.09. The van der Waals surface area contributed by atoms with Crippen LogP contribution in [0.15, 0.2) is 0 Å². The van der Waals surface area contributed by atoms with Gasteiger partial charge in [-0.05, 0) is 12.8 Å². The second-order valence-corrected chi connectivity index (χ2v) is 4.44. The van der Waals surface area contributed by atoms with Crippen LogP contribution in [0.2, 0.25) is 0 Å². The third kappa shape index (κ3) is 27.2. The molecule has 0 spiro atoms. The van der Waals surface area contributed by atoms with Gasteiger partial charge in [-0.15, -0.1) is 0 Å². The van der Waals surface area contributed by atoms with Crippen LogP contribution < -0.4 is 0 Å². The van der Waals surface area contributed by atoms with E-state index >= 15 is 0 Å². The van der Waals surface area contributed by atoms with E-state index in [0.717, 1.165) is 19.6 Å². The zero-order valence-electron chi connectivity index (χ0n) is 12.9. The molecule has 0 radical (unpaired) electrons. The first kappa shape index (κ1) is 21.1. The van der Waals surface area contributed by atoms with E-state index in [1.807, 2.05) is 0 Å². The molecule has 4 nitrogen and oxygen atoms in total. The molecule has 0 heterocycles.